The Balaban J connectivity index is 0.00000225. The molecule has 0 amide bonds. The van der Waals surface area contributed by atoms with Gasteiger partial charge in [-0.25, -0.2) is 0 Å². The molecule has 7 rings (SSSR count). The van der Waals surface area contributed by atoms with Crippen LogP contribution in [0.15, 0.2) is 94.9 Å². The molecule has 0 saturated carbocycles. The quantitative estimate of drug-likeness (QED) is 0.157. The van der Waals surface area contributed by atoms with Crippen molar-refractivity contribution < 1.29 is 21.8 Å². The van der Waals surface area contributed by atoms with Crippen molar-refractivity contribution in [3.8, 4) is 22.3 Å². The molecule has 0 N–H and O–H groups in total. The molecule has 0 radical (unpaired) electrons. The second-order valence-corrected chi connectivity index (χ2v) is 45.5. The van der Waals surface area contributed by atoms with Crippen LogP contribution in [0.2, 0.25) is 9.26 Å². The molecule has 0 saturated heterocycles. The molecule has 0 aliphatic heterocycles. The molecular formula is C43H48Cl2OSiZr. The van der Waals surface area contributed by atoms with Gasteiger partial charge in [-0.15, -0.1) is 24.8 Å². The average molecular weight is 771 g/mol. The number of rotatable bonds is 6. The first-order chi connectivity index (χ1) is 21.9. The number of benzene rings is 4. The molecule has 2 unspecified atom stereocenters. The van der Waals surface area contributed by atoms with Crippen molar-refractivity contribution in [3.05, 3.63) is 147 Å². The van der Waals surface area contributed by atoms with E-state index in [0.29, 0.717) is 7.25 Å². The molecule has 2 aliphatic rings. The van der Waals surface area contributed by atoms with E-state index in [9.17, 15) is 0 Å². The third-order valence-corrected chi connectivity index (χ3v) is 28.6. The normalized spacial score (nSPS) is 16.8. The van der Waals surface area contributed by atoms with Crippen LogP contribution in [0.1, 0.15) is 76.6 Å². The summed E-state index contributed by atoms with van der Waals surface area (Å²) in [6.07, 6.45) is 6.17. The Hall–Kier alpha value is -2.68. The Morgan fingerprint density at radius 3 is 1.58 bits per heavy atom. The zero-order valence-electron chi connectivity index (χ0n) is 29.5. The molecule has 1 nitrogen and oxygen atoms in total. The minimum Gasteiger partial charge on any atom is -0.147 e. The number of fused-ring (bicyclic) bond motifs is 2. The predicted molar refractivity (Wildman–Crippen MR) is 213 cm³/mol. The Morgan fingerprint density at radius 2 is 1.12 bits per heavy atom. The third-order valence-electron chi connectivity index (χ3n) is 11.2. The largest absolute Gasteiger partial charge is 0.147 e. The van der Waals surface area contributed by atoms with Crippen molar-refractivity contribution in [3.63, 3.8) is 0 Å². The zero-order chi connectivity index (χ0) is 32.6. The van der Waals surface area contributed by atoms with E-state index in [-0.39, 0.29) is 24.8 Å². The number of furan rings is 1. The molecule has 0 fully saturated rings. The van der Waals surface area contributed by atoms with Gasteiger partial charge in [-0.2, -0.15) is 0 Å². The maximum atomic E-state index is 6.53. The monoisotopic (exact) mass is 768 g/mol. The van der Waals surface area contributed by atoms with Crippen LogP contribution in [-0.2, 0) is 17.4 Å². The van der Waals surface area contributed by atoms with Gasteiger partial charge in [-0.05, 0) is 0 Å². The van der Waals surface area contributed by atoms with Crippen molar-refractivity contribution >= 4 is 49.4 Å². The van der Waals surface area contributed by atoms with E-state index in [2.05, 4.69) is 155 Å². The van der Waals surface area contributed by atoms with E-state index in [4.69, 9.17) is 4.42 Å². The van der Waals surface area contributed by atoms with Crippen LogP contribution >= 0.6 is 24.8 Å². The zero-order valence-corrected chi connectivity index (χ0v) is 35.0. The SMILES string of the molecule is CCC1=Cc2c(cc(C)c(C)c2-c2ccccc2)[CH]1[Zr]([CH3])([CH3])(=[SiH2])[CH]1C(c2ccc(C)o2)=Cc2c1cc(C)c(C)c2-c1ccccc1.Cl.Cl. The van der Waals surface area contributed by atoms with E-state index in [0.717, 1.165) is 17.9 Å². The van der Waals surface area contributed by atoms with Crippen LogP contribution in [0.5, 0.6) is 0 Å². The molecule has 248 valence electrons. The molecular weight excluding hydrogens is 723 g/mol. The second-order valence-electron chi connectivity index (χ2n) is 15.0. The number of halogens is 2. The van der Waals surface area contributed by atoms with E-state index < -0.39 is 17.4 Å². The topological polar surface area (TPSA) is 13.1 Å². The van der Waals surface area contributed by atoms with E-state index in [1.165, 1.54) is 66.8 Å². The molecule has 5 heteroatoms. The molecule has 1 heterocycles. The number of aryl methyl sites for hydroxylation is 3. The van der Waals surface area contributed by atoms with Gasteiger partial charge >= 0.3 is 280 Å². The molecule has 2 atom stereocenters. The van der Waals surface area contributed by atoms with Crippen molar-refractivity contribution in [2.75, 3.05) is 0 Å². The fourth-order valence-electron chi connectivity index (χ4n) is 8.96. The molecule has 0 spiro atoms. The van der Waals surface area contributed by atoms with Crippen LogP contribution in [-0.4, -0.2) is 6.88 Å². The van der Waals surface area contributed by atoms with Crippen molar-refractivity contribution in [1.82, 2.24) is 0 Å². The van der Waals surface area contributed by atoms with Gasteiger partial charge in [0.2, 0.25) is 0 Å². The van der Waals surface area contributed by atoms with Gasteiger partial charge in [0.15, 0.2) is 0 Å². The smallest absolute Gasteiger partial charge is 0.147 e. The Kier molecular flexibility index (Phi) is 10.1. The standard InChI is InChI=1S/C22H19O.C19H19.2CH3.2ClH.H2Si.Zr/c1-14-11-18-12-19(21-10-9-15(2)23-21)13-20(18)22(16(14)3)17-7-5-4-6-8-17;1-4-15-11-17-10-13(2)14(3)19(18(17)12-15)16-8-6-5-7-9-16;;;;;;/h4-13H,1-3H3;5-12H,4H2,1-3H3;2*1H3;2*1H;1H2;. The van der Waals surface area contributed by atoms with E-state index in [1.54, 1.807) is 11.1 Å². The molecule has 48 heavy (non-hydrogen) atoms. The number of hydrogen-bond donors (Lipinski definition) is 0. The van der Waals surface area contributed by atoms with Crippen LogP contribution < -0.4 is 0 Å². The fraction of sp³-hybridized carbons (Fsp3) is 0.256. The maximum absolute atomic E-state index is 6.53. The molecule has 4 aromatic carbocycles. The van der Waals surface area contributed by atoms with Gasteiger partial charge in [-0.1, -0.05) is 0 Å². The summed E-state index contributed by atoms with van der Waals surface area (Å²) >= 11 is -3.92. The summed E-state index contributed by atoms with van der Waals surface area (Å²) < 4.78 is 12.8. The summed E-state index contributed by atoms with van der Waals surface area (Å²) in [4.78, 5) is 0. The fourth-order valence-corrected chi connectivity index (χ4v) is 28.2. The molecule has 0 bridgehead atoms. The summed E-state index contributed by atoms with van der Waals surface area (Å²) in [7, 11) is 0. The molecule has 5 aromatic rings. The first-order valence-corrected chi connectivity index (χ1v) is 30.5. The van der Waals surface area contributed by atoms with E-state index >= 15 is 0 Å². The first kappa shape index (κ1) is 36.6. The van der Waals surface area contributed by atoms with Gasteiger partial charge < -0.3 is 0 Å². The van der Waals surface area contributed by atoms with Crippen LogP contribution in [0, 0.1) is 34.6 Å². The van der Waals surface area contributed by atoms with Gasteiger partial charge in [0.1, 0.15) is 0 Å². The number of allylic oxidation sites excluding steroid dienone is 2. The Labute approximate surface area is 302 Å². The first-order valence-electron chi connectivity index (χ1n) is 16.8. The second kappa shape index (κ2) is 13.2. The minimum atomic E-state index is -3.92. The van der Waals surface area contributed by atoms with Crippen LogP contribution in [0.3, 0.4) is 0 Å². The number of hydrogen-bond acceptors (Lipinski definition) is 1. The summed E-state index contributed by atoms with van der Waals surface area (Å²) in [6, 6.07) is 31.5. The molecule has 2 aliphatic carbocycles. The van der Waals surface area contributed by atoms with Gasteiger partial charge in [-0.3, -0.25) is 0 Å². The van der Waals surface area contributed by atoms with Crippen molar-refractivity contribution in [2.24, 2.45) is 0 Å². The Bertz CT molecular complexity index is 2170. The van der Waals surface area contributed by atoms with Crippen LogP contribution in [0.25, 0.3) is 40.0 Å². The minimum absolute atomic E-state index is 0. The average Bonchev–Trinajstić information content (AvgIpc) is 3.74. The maximum Gasteiger partial charge on any atom is -0.147 e. The van der Waals surface area contributed by atoms with Gasteiger partial charge in [0.25, 0.3) is 0 Å². The predicted octanol–water partition coefficient (Wildman–Crippen LogP) is 12.5. The van der Waals surface area contributed by atoms with Crippen molar-refractivity contribution in [1.29, 1.82) is 0 Å². The molecule has 1 aromatic heterocycles. The summed E-state index contributed by atoms with van der Waals surface area (Å²) in [6.45, 7) is 16.1. The van der Waals surface area contributed by atoms with Gasteiger partial charge in [0.05, 0.1) is 0 Å². The Morgan fingerprint density at radius 1 is 0.646 bits per heavy atom. The van der Waals surface area contributed by atoms with Crippen molar-refractivity contribution in [2.45, 2.75) is 64.5 Å². The van der Waals surface area contributed by atoms with Gasteiger partial charge in [0, 0.05) is 0 Å². The summed E-state index contributed by atoms with van der Waals surface area (Å²) in [5.41, 5.74) is 19.9. The third kappa shape index (κ3) is 5.73. The van der Waals surface area contributed by atoms with E-state index in [1.807, 2.05) is 0 Å². The summed E-state index contributed by atoms with van der Waals surface area (Å²) in [5, 5.41) is 0. The summed E-state index contributed by atoms with van der Waals surface area (Å²) in [5.74, 6) is 2.01. The van der Waals surface area contributed by atoms with Crippen LogP contribution in [0.4, 0.5) is 0 Å².